The Hall–Kier alpha value is -0.190. The van der Waals surface area contributed by atoms with Crippen LogP contribution in [0.1, 0.15) is 18.7 Å². The van der Waals surface area contributed by atoms with Gasteiger partial charge in [0, 0.05) is 16.8 Å². The summed E-state index contributed by atoms with van der Waals surface area (Å²) < 4.78 is 0.776. The number of carbonyl (C=O) groups is 1. The number of hydrogen-bond acceptors (Lipinski definition) is 3. The van der Waals surface area contributed by atoms with Crippen molar-refractivity contribution in [1.29, 1.82) is 0 Å². The predicted octanol–water partition coefficient (Wildman–Crippen LogP) is 2.73. The van der Waals surface area contributed by atoms with Gasteiger partial charge in [0.1, 0.15) is 0 Å². The maximum atomic E-state index is 11.1. The van der Waals surface area contributed by atoms with E-state index in [0.29, 0.717) is 6.54 Å². The lowest BCUT2D eigenvalue weighted by Gasteiger charge is -2.23. The Morgan fingerprint density at radius 3 is 2.73 bits per heavy atom. The minimum absolute atomic E-state index is 0.0472. The van der Waals surface area contributed by atoms with Gasteiger partial charge in [-0.3, -0.25) is 4.79 Å². The van der Waals surface area contributed by atoms with Crippen molar-refractivity contribution in [3.63, 3.8) is 0 Å². The van der Waals surface area contributed by atoms with Gasteiger partial charge in [0.25, 0.3) is 0 Å². The molecule has 84 valence electrons. The molecule has 2 nitrogen and oxygen atoms in total. The predicted molar refractivity (Wildman–Crippen MR) is 69.2 cm³/mol. The first-order chi connectivity index (χ1) is 6.95. The molecule has 5 heteroatoms. The van der Waals surface area contributed by atoms with Gasteiger partial charge >= 0.3 is 0 Å². The Kier molecular flexibility index (Phi) is 4.49. The van der Waals surface area contributed by atoms with Crippen LogP contribution in [-0.2, 0) is 10.2 Å². The Morgan fingerprint density at radius 2 is 2.27 bits per heavy atom. The molecule has 0 fully saturated rings. The molecular formula is C10H14ClNOS2. The number of thiol groups is 1. The Labute approximate surface area is 104 Å². The van der Waals surface area contributed by atoms with Crippen molar-refractivity contribution in [2.75, 3.05) is 12.3 Å². The van der Waals surface area contributed by atoms with E-state index in [2.05, 4.69) is 31.8 Å². The van der Waals surface area contributed by atoms with Crippen molar-refractivity contribution < 1.29 is 4.79 Å². The molecule has 0 bridgehead atoms. The molecule has 1 aromatic heterocycles. The van der Waals surface area contributed by atoms with Crippen LogP contribution in [-0.4, -0.2) is 18.2 Å². The van der Waals surface area contributed by atoms with Gasteiger partial charge in [-0.05, 0) is 12.1 Å². The Morgan fingerprint density at radius 1 is 1.60 bits per heavy atom. The van der Waals surface area contributed by atoms with Crippen LogP contribution in [0.15, 0.2) is 12.1 Å². The smallest absolute Gasteiger partial charge is 0.229 e. The number of hydrogen-bond donors (Lipinski definition) is 2. The normalized spacial score (nSPS) is 11.5. The van der Waals surface area contributed by atoms with Gasteiger partial charge in [0.15, 0.2) is 0 Å². The van der Waals surface area contributed by atoms with Crippen LogP contribution in [0.5, 0.6) is 0 Å². The third-order valence-electron chi connectivity index (χ3n) is 2.11. The molecule has 0 spiro atoms. The maximum absolute atomic E-state index is 11.1. The van der Waals surface area contributed by atoms with E-state index in [9.17, 15) is 4.79 Å². The summed E-state index contributed by atoms with van der Waals surface area (Å²) in [6.07, 6.45) is 0. The number of carbonyl (C=O) groups excluding carboxylic acids is 1. The number of amides is 1. The monoisotopic (exact) mass is 263 g/mol. The van der Waals surface area contributed by atoms with Gasteiger partial charge in [-0.2, -0.15) is 12.6 Å². The minimum Gasteiger partial charge on any atom is -0.354 e. The average molecular weight is 264 g/mol. The van der Waals surface area contributed by atoms with E-state index in [1.54, 1.807) is 11.3 Å². The molecule has 1 rings (SSSR count). The first-order valence-corrected chi connectivity index (χ1v) is 6.42. The molecule has 1 heterocycles. The summed E-state index contributed by atoms with van der Waals surface area (Å²) >= 11 is 11.3. The van der Waals surface area contributed by atoms with Crippen LogP contribution >= 0.6 is 35.6 Å². The lowest BCUT2D eigenvalue weighted by atomic mass is 9.91. The highest BCUT2D eigenvalue weighted by Gasteiger charge is 2.22. The van der Waals surface area contributed by atoms with Crippen molar-refractivity contribution in [3.8, 4) is 0 Å². The summed E-state index contributed by atoms with van der Waals surface area (Å²) in [5.41, 5.74) is -0.0869. The fourth-order valence-electron chi connectivity index (χ4n) is 1.14. The zero-order valence-electron chi connectivity index (χ0n) is 8.71. The topological polar surface area (TPSA) is 29.1 Å². The van der Waals surface area contributed by atoms with Gasteiger partial charge in [0.2, 0.25) is 5.91 Å². The van der Waals surface area contributed by atoms with Gasteiger partial charge < -0.3 is 5.32 Å². The quantitative estimate of drug-likeness (QED) is 0.804. The third-order valence-corrected chi connectivity index (χ3v) is 4.00. The summed E-state index contributed by atoms with van der Waals surface area (Å²) in [6.45, 7) is 4.76. The van der Waals surface area contributed by atoms with Crippen LogP contribution in [0, 0.1) is 0 Å². The van der Waals surface area contributed by atoms with Crippen LogP contribution < -0.4 is 5.32 Å². The Bertz CT molecular complexity index is 349. The van der Waals surface area contributed by atoms with Crippen LogP contribution in [0.2, 0.25) is 4.34 Å². The standard InChI is InChI=1S/C10H14ClNOS2/c1-10(2,6-12-9(13)5-14)7-3-4-8(11)15-7/h3-4,14H,5-6H2,1-2H3,(H,12,13). The Balaban J connectivity index is 2.63. The average Bonchev–Trinajstić information content (AvgIpc) is 2.62. The number of nitrogens with one attached hydrogen (secondary N) is 1. The molecule has 0 aromatic carbocycles. The second kappa shape index (κ2) is 5.23. The summed E-state index contributed by atoms with van der Waals surface area (Å²) in [5.74, 6) is 0.176. The molecular weight excluding hydrogens is 250 g/mol. The summed E-state index contributed by atoms with van der Waals surface area (Å²) in [4.78, 5) is 12.3. The summed E-state index contributed by atoms with van der Waals surface area (Å²) in [7, 11) is 0. The molecule has 1 amide bonds. The molecule has 0 unspecified atom stereocenters. The van der Waals surface area contributed by atoms with E-state index in [0.717, 1.165) is 4.34 Å². The lowest BCUT2D eigenvalue weighted by Crippen LogP contribution is -2.36. The lowest BCUT2D eigenvalue weighted by molar-refractivity contribution is -0.118. The van der Waals surface area contributed by atoms with E-state index >= 15 is 0 Å². The highest BCUT2D eigenvalue weighted by atomic mass is 35.5. The number of rotatable bonds is 4. The second-order valence-electron chi connectivity index (χ2n) is 3.92. The van der Waals surface area contributed by atoms with Crippen molar-refractivity contribution in [3.05, 3.63) is 21.3 Å². The van der Waals surface area contributed by atoms with Crippen molar-refractivity contribution in [1.82, 2.24) is 5.32 Å². The molecule has 0 saturated heterocycles. The molecule has 1 aromatic rings. The van der Waals surface area contributed by atoms with E-state index in [1.807, 2.05) is 12.1 Å². The van der Waals surface area contributed by atoms with Crippen molar-refractivity contribution >= 4 is 41.5 Å². The molecule has 15 heavy (non-hydrogen) atoms. The molecule has 0 aliphatic rings. The van der Waals surface area contributed by atoms with Crippen LogP contribution in [0.4, 0.5) is 0 Å². The van der Waals surface area contributed by atoms with Crippen molar-refractivity contribution in [2.24, 2.45) is 0 Å². The maximum Gasteiger partial charge on any atom is 0.229 e. The highest BCUT2D eigenvalue weighted by Crippen LogP contribution is 2.31. The zero-order chi connectivity index (χ0) is 11.5. The fourth-order valence-corrected chi connectivity index (χ4v) is 2.40. The van der Waals surface area contributed by atoms with Gasteiger partial charge in [-0.1, -0.05) is 25.4 Å². The van der Waals surface area contributed by atoms with E-state index < -0.39 is 0 Å². The SMILES string of the molecule is CC(C)(CNC(=O)CS)c1ccc(Cl)s1. The number of thiophene rings is 1. The van der Waals surface area contributed by atoms with E-state index in [4.69, 9.17) is 11.6 Å². The minimum atomic E-state index is -0.0869. The molecule has 0 aliphatic carbocycles. The fraction of sp³-hybridized carbons (Fsp3) is 0.500. The number of halogens is 1. The second-order valence-corrected chi connectivity index (χ2v) is 5.95. The molecule has 1 N–H and O–H groups in total. The third kappa shape index (κ3) is 3.70. The summed E-state index contributed by atoms with van der Waals surface area (Å²) in [6, 6.07) is 3.88. The molecule has 0 saturated carbocycles. The van der Waals surface area contributed by atoms with Crippen LogP contribution in [0.25, 0.3) is 0 Å². The van der Waals surface area contributed by atoms with Gasteiger partial charge in [-0.15, -0.1) is 11.3 Å². The van der Waals surface area contributed by atoms with E-state index in [-0.39, 0.29) is 17.1 Å². The molecule has 0 aliphatic heterocycles. The van der Waals surface area contributed by atoms with E-state index in [1.165, 1.54) is 4.88 Å². The van der Waals surface area contributed by atoms with Gasteiger partial charge in [0.05, 0.1) is 10.1 Å². The highest BCUT2D eigenvalue weighted by molar-refractivity contribution is 7.81. The largest absolute Gasteiger partial charge is 0.354 e. The molecule has 0 atom stereocenters. The van der Waals surface area contributed by atoms with Crippen molar-refractivity contribution in [2.45, 2.75) is 19.3 Å². The molecule has 0 radical (unpaired) electrons. The summed E-state index contributed by atoms with van der Waals surface area (Å²) in [5, 5.41) is 2.83. The van der Waals surface area contributed by atoms with Gasteiger partial charge in [-0.25, -0.2) is 0 Å². The zero-order valence-corrected chi connectivity index (χ0v) is 11.2. The van der Waals surface area contributed by atoms with Crippen LogP contribution in [0.3, 0.4) is 0 Å². The first kappa shape index (κ1) is 12.9. The first-order valence-electron chi connectivity index (χ1n) is 4.59.